The Hall–Kier alpha value is -3.94. The molecule has 1 aromatic heterocycles. The minimum atomic E-state index is -0.968. The normalized spacial score (nSPS) is 10.3. The molecule has 2 amide bonds. The van der Waals surface area contributed by atoms with E-state index in [9.17, 15) is 19.2 Å². The van der Waals surface area contributed by atoms with Crippen LogP contribution in [-0.4, -0.2) is 24.4 Å². The van der Waals surface area contributed by atoms with E-state index in [-0.39, 0.29) is 11.3 Å². The van der Waals surface area contributed by atoms with Gasteiger partial charge in [-0.05, 0) is 31.2 Å². The van der Waals surface area contributed by atoms with Crippen LogP contribution in [0.25, 0.3) is 11.0 Å². The lowest BCUT2D eigenvalue weighted by atomic mass is 10.1. The maximum absolute atomic E-state index is 12.1. The van der Waals surface area contributed by atoms with E-state index in [4.69, 9.17) is 9.15 Å². The predicted octanol–water partition coefficient (Wildman–Crippen LogP) is 1.72. The van der Waals surface area contributed by atoms with Gasteiger partial charge in [-0.1, -0.05) is 29.8 Å². The number of aryl methyl sites for hydroxylation is 1. The van der Waals surface area contributed by atoms with Gasteiger partial charge in [0.1, 0.15) is 5.58 Å². The summed E-state index contributed by atoms with van der Waals surface area (Å²) >= 11 is 0. The number of carbonyl (C=O) groups is 3. The van der Waals surface area contributed by atoms with Crippen molar-refractivity contribution < 1.29 is 23.5 Å². The fourth-order valence-corrected chi connectivity index (χ4v) is 2.40. The van der Waals surface area contributed by atoms with Gasteiger partial charge in [-0.2, -0.15) is 0 Å². The van der Waals surface area contributed by atoms with E-state index in [2.05, 4.69) is 10.9 Å². The molecule has 142 valence electrons. The molecule has 0 saturated carbocycles. The van der Waals surface area contributed by atoms with Crippen molar-refractivity contribution in [3.8, 4) is 0 Å². The summed E-state index contributed by atoms with van der Waals surface area (Å²) < 4.78 is 10.2. The van der Waals surface area contributed by atoms with Crippen LogP contribution >= 0.6 is 0 Å². The highest BCUT2D eigenvalue weighted by Crippen LogP contribution is 2.14. The highest BCUT2D eigenvalue weighted by Gasteiger charge is 2.16. The zero-order valence-corrected chi connectivity index (χ0v) is 14.9. The molecule has 0 spiro atoms. The summed E-state index contributed by atoms with van der Waals surface area (Å²) in [6, 6.07) is 14.2. The first kappa shape index (κ1) is 18.8. The summed E-state index contributed by atoms with van der Waals surface area (Å²) in [6.07, 6.45) is 0. The Labute approximate surface area is 159 Å². The van der Waals surface area contributed by atoms with Crippen molar-refractivity contribution in [3.05, 3.63) is 81.7 Å². The van der Waals surface area contributed by atoms with Gasteiger partial charge in [0, 0.05) is 11.6 Å². The van der Waals surface area contributed by atoms with Crippen LogP contribution in [0.4, 0.5) is 0 Å². The molecule has 28 heavy (non-hydrogen) atoms. The molecule has 0 aliphatic heterocycles. The van der Waals surface area contributed by atoms with Gasteiger partial charge in [0.15, 0.2) is 12.0 Å². The molecule has 0 unspecified atom stereocenters. The second-order valence-electron chi connectivity index (χ2n) is 5.92. The number of carbonyl (C=O) groups excluding carboxylic acids is 3. The van der Waals surface area contributed by atoms with E-state index in [1.165, 1.54) is 0 Å². The standard InChI is InChI=1S/C20H16N2O6/c1-12-7-8-16-14(9-12)15(23)10-17(28-16)20(26)27-11-18(24)21-22-19(25)13-5-3-2-4-6-13/h2-10H,11H2,1H3,(H,21,24)(H,22,25). The number of ether oxygens (including phenoxy) is 1. The highest BCUT2D eigenvalue weighted by molar-refractivity contribution is 5.96. The number of fused-ring (bicyclic) bond motifs is 1. The number of hydrazine groups is 1. The molecule has 0 saturated heterocycles. The quantitative estimate of drug-likeness (QED) is 0.526. The number of rotatable bonds is 4. The maximum atomic E-state index is 12.1. The molecule has 8 nitrogen and oxygen atoms in total. The minimum Gasteiger partial charge on any atom is -0.450 e. The molecule has 8 heteroatoms. The van der Waals surface area contributed by atoms with Gasteiger partial charge < -0.3 is 9.15 Å². The van der Waals surface area contributed by atoms with Crippen LogP contribution in [0, 0.1) is 6.92 Å². The van der Waals surface area contributed by atoms with E-state index in [0.29, 0.717) is 10.9 Å². The van der Waals surface area contributed by atoms with Gasteiger partial charge in [-0.3, -0.25) is 25.2 Å². The summed E-state index contributed by atoms with van der Waals surface area (Å²) in [5.41, 5.74) is 5.41. The Kier molecular flexibility index (Phi) is 5.50. The van der Waals surface area contributed by atoms with Gasteiger partial charge in [0.2, 0.25) is 5.76 Å². The van der Waals surface area contributed by atoms with Crippen molar-refractivity contribution in [3.63, 3.8) is 0 Å². The third-order valence-corrected chi connectivity index (χ3v) is 3.77. The molecule has 0 aliphatic carbocycles. The maximum Gasteiger partial charge on any atom is 0.374 e. The average molecular weight is 380 g/mol. The first-order chi connectivity index (χ1) is 13.4. The summed E-state index contributed by atoms with van der Waals surface area (Å²) in [5, 5.41) is 0.345. The smallest absolute Gasteiger partial charge is 0.374 e. The summed E-state index contributed by atoms with van der Waals surface area (Å²) in [4.78, 5) is 47.7. The number of hydrogen-bond donors (Lipinski definition) is 2. The second-order valence-corrected chi connectivity index (χ2v) is 5.92. The van der Waals surface area contributed by atoms with Crippen LogP contribution in [0.1, 0.15) is 26.5 Å². The predicted molar refractivity (Wildman–Crippen MR) is 99.6 cm³/mol. The molecular weight excluding hydrogens is 364 g/mol. The molecule has 3 aromatic rings. The number of esters is 1. The highest BCUT2D eigenvalue weighted by atomic mass is 16.5. The molecule has 0 aliphatic rings. The van der Waals surface area contributed by atoms with E-state index in [1.54, 1.807) is 48.5 Å². The average Bonchev–Trinajstić information content (AvgIpc) is 2.71. The first-order valence-electron chi connectivity index (χ1n) is 8.30. The third kappa shape index (κ3) is 4.42. The zero-order chi connectivity index (χ0) is 20.1. The van der Waals surface area contributed by atoms with E-state index >= 15 is 0 Å². The van der Waals surface area contributed by atoms with Crippen molar-refractivity contribution in [2.45, 2.75) is 6.92 Å². The Morgan fingerprint density at radius 2 is 1.75 bits per heavy atom. The lowest BCUT2D eigenvalue weighted by Crippen LogP contribution is -2.43. The fraction of sp³-hybridized carbons (Fsp3) is 0.100. The van der Waals surface area contributed by atoms with Crippen LogP contribution in [0.15, 0.2) is 63.8 Å². The van der Waals surface area contributed by atoms with Crippen LogP contribution in [0.2, 0.25) is 0 Å². The van der Waals surface area contributed by atoms with E-state index in [1.807, 2.05) is 6.92 Å². The van der Waals surface area contributed by atoms with E-state index < -0.39 is 29.8 Å². The summed E-state index contributed by atoms with van der Waals surface area (Å²) in [7, 11) is 0. The van der Waals surface area contributed by atoms with Gasteiger partial charge in [-0.15, -0.1) is 0 Å². The monoisotopic (exact) mass is 380 g/mol. The molecular formula is C20H16N2O6. The summed E-state index contributed by atoms with van der Waals surface area (Å²) in [5.74, 6) is -2.56. The van der Waals surface area contributed by atoms with Gasteiger partial charge >= 0.3 is 5.97 Å². The summed E-state index contributed by atoms with van der Waals surface area (Å²) in [6.45, 7) is 1.17. The molecule has 0 atom stereocenters. The van der Waals surface area contributed by atoms with E-state index in [0.717, 1.165) is 11.6 Å². The Morgan fingerprint density at radius 1 is 1.00 bits per heavy atom. The van der Waals surface area contributed by atoms with Crippen molar-refractivity contribution in [1.82, 2.24) is 10.9 Å². The largest absolute Gasteiger partial charge is 0.450 e. The number of amides is 2. The van der Waals surface area contributed by atoms with Crippen LogP contribution in [0.3, 0.4) is 0 Å². The van der Waals surface area contributed by atoms with Gasteiger partial charge in [-0.25, -0.2) is 4.79 Å². The SMILES string of the molecule is Cc1ccc2oc(C(=O)OCC(=O)NNC(=O)c3ccccc3)cc(=O)c2c1. The van der Waals surface area contributed by atoms with Crippen LogP contribution in [0.5, 0.6) is 0 Å². The number of nitrogens with one attached hydrogen (secondary N) is 2. The molecule has 0 fully saturated rings. The lowest BCUT2D eigenvalue weighted by molar-refractivity contribution is -0.125. The third-order valence-electron chi connectivity index (χ3n) is 3.77. The molecule has 0 radical (unpaired) electrons. The fourth-order valence-electron chi connectivity index (χ4n) is 2.40. The molecule has 0 bridgehead atoms. The Bertz CT molecular complexity index is 1100. The molecule has 3 rings (SSSR count). The van der Waals surface area contributed by atoms with Crippen molar-refractivity contribution in [2.24, 2.45) is 0 Å². The van der Waals surface area contributed by atoms with Gasteiger partial charge in [0.25, 0.3) is 11.8 Å². The number of benzene rings is 2. The Balaban J connectivity index is 1.57. The van der Waals surface area contributed by atoms with Gasteiger partial charge in [0.05, 0.1) is 5.39 Å². The second kappa shape index (κ2) is 8.17. The minimum absolute atomic E-state index is 0.240. The van der Waals surface area contributed by atoms with Crippen molar-refractivity contribution in [2.75, 3.05) is 6.61 Å². The molecule has 2 aromatic carbocycles. The molecule has 1 heterocycles. The Morgan fingerprint density at radius 3 is 2.50 bits per heavy atom. The topological polar surface area (TPSA) is 115 Å². The van der Waals surface area contributed by atoms with Crippen molar-refractivity contribution in [1.29, 1.82) is 0 Å². The van der Waals surface area contributed by atoms with Crippen molar-refractivity contribution >= 4 is 28.8 Å². The first-order valence-corrected chi connectivity index (χ1v) is 8.30. The molecule has 2 N–H and O–H groups in total. The number of hydrogen-bond acceptors (Lipinski definition) is 6. The van der Waals surface area contributed by atoms with Crippen LogP contribution in [-0.2, 0) is 9.53 Å². The van der Waals surface area contributed by atoms with Crippen LogP contribution < -0.4 is 16.3 Å². The zero-order valence-electron chi connectivity index (χ0n) is 14.9. The lowest BCUT2D eigenvalue weighted by Gasteiger charge is -2.08.